The predicted octanol–water partition coefficient (Wildman–Crippen LogP) is 5.15. The van der Waals surface area contributed by atoms with Crippen molar-refractivity contribution in [3.8, 4) is 0 Å². The molecule has 1 aliphatic heterocycles. The van der Waals surface area contributed by atoms with Gasteiger partial charge in [-0.15, -0.1) is 0 Å². The monoisotopic (exact) mass is 577 g/mol. The first-order chi connectivity index (χ1) is 19.4. The Kier molecular flexibility index (Phi) is 9.72. The zero-order valence-corrected chi connectivity index (χ0v) is 25.9. The molecule has 2 N–H and O–H groups in total. The van der Waals surface area contributed by atoms with Crippen molar-refractivity contribution in [3.63, 3.8) is 0 Å². The summed E-state index contributed by atoms with van der Waals surface area (Å²) in [7, 11) is -2.80. The van der Waals surface area contributed by atoms with Gasteiger partial charge < -0.3 is 29.1 Å². The molecule has 0 unspecified atom stereocenters. The lowest BCUT2D eigenvalue weighted by molar-refractivity contribution is -0.156. The minimum atomic E-state index is -2.80. The van der Waals surface area contributed by atoms with Crippen molar-refractivity contribution in [2.24, 2.45) is 5.73 Å². The van der Waals surface area contributed by atoms with E-state index in [1.807, 2.05) is 56.3 Å². The Labute approximate surface area is 245 Å². The molecular weight excluding hydrogens is 534 g/mol. The van der Waals surface area contributed by atoms with Gasteiger partial charge in [-0.2, -0.15) is 0 Å². The lowest BCUT2D eigenvalue weighted by atomic mass is 10.0. The number of ether oxygens (including phenoxy) is 4. The lowest BCUT2D eigenvalue weighted by Gasteiger charge is -2.44. The quantitative estimate of drug-likeness (QED) is 0.263. The van der Waals surface area contributed by atoms with E-state index < -0.39 is 44.6 Å². The van der Waals surface area contributed by atoms with Gasteiger partial charge in [0.15, 0.2) is 5.79 Å². The standard InChI is InChI=1S/C33H43NO6Si/c1-24(38-31(35)36-22-25-16-10-7-11-17-25)29-30(40-33(5,6)39-29)28(34)23-37-41(32(2,3)4,26-18-12-8-13-19-26)27-20-14-9-15-21-27/h7-21,24,28-30H,22-23,34H2,1-6H3/t24-,28-,29+,30+/m0/s1. The molecule has 1 aliphatic rings. The third kappa shape index (κ3) is 7.26. The SMILES string of the molecule is C[C@H](OC(=O)OCc1ccccc1)[C@H]1OC(C)(C)O[C@@H]1[C@@H](N)CO[Si](c1ccccc1)(c1ccccc1)C(C)(C)C. The zero-order valence-electron chi connectivity index (χ0n) is 24.9. The Balaban J connectivity index is 1.51. The highest BCUT2D eigenvalue weighted by Crippen LogP contribution is 2.38. The molecule has 0 radical (unpaired) electrons. The molecule has 3 aromatic rings. The van der Waals surface area contributed by atoms with Gasteiger partial charge in [0.05, 0.1) is 12.6 Å². The predicted molar refractivity (Wildman–Crippen MR) is 163 cm³/mol. The topological polar surface area (TPSA) is 89.2 Å². The highest BCUT2D eigenvalue weighted by Gasteiger charge is 2.52. The minimum Gasteiger partial charge on any atom is -0.429 e. The molecule has 0 aliphatic carbocycles. The van der Waals surface area contributed by atoms with Gasteiger partial charge in [-0.3, -0.25) is 0 Å². The molecule has 0 saturated carbocycles. The smallest absolute Gasteiger partial charge is 0.429 e. The number of hydrogen-bond donors (Lipinski definition) is 1. The molecule has 220 valence electrons. The lowest BCUT2D eigenvalue weighted by Crippen LogP contribution is -2.67. The molecule has 3 aromatic carbocycles. The summed E-state index contributed by atoms with van der Waals surface area (Å²) in [4.78, 5) is 12.5. The zero-order chi connectivity index (χ0) is 29.7. The molecule has 1 heterocycles. The van der Waals surface area contributed by atoms with Crippen molar-refractivity contribution >= 4 is 24.8 Å². The molecule has 4 atom stereocenters. The fourth-order valence-electron chi connectivity index (χ4n) is 5.56. The summed E-state index contributed by atoms with van der Waals surface area (Å²) in [6, 6.07) is 29.7. The van der Waals surface area contributed by atoms with Crippen LogP contribution in [0.5, 0.6) is 0 Å². The van der Waals surface area contributed by atoms with E-state index in [4.69, 9.17) is 29.1 Å². The van der Waals surface area contributed by atoms with Crippen LogP contribution in [0.15, 0.2) is 91.0 Å². The van der Waals surface area contributed by atoms with Crippen LogP contribution in [-0.2, 0) is 30.0 Å². The van der Waals surface area contributed by atoms with Crippen LogP contribution in [0.2, 0.25) is 5.04 Å². The van der Waals surface area contributed by atoms with Crippen molar-refractivity contribution in [1.82, 2.24) is 0 Å². The van der Waals surface area contributed by atoms with Crippen molar-refractivity contribution in [1.29, 1.82) is 0 Å². The van der Waals surface area contributed by atoms with Gasteiger partial charge in [0.25, 0.3) is 8.32 Å². The van der Waals surface area contributed by atoms with Crippen LogP contribution < -0.4 is 16.1 Å². The van der Waals surface area contributed by atoms with Gasteiger partial charge in [-0.05, 0) is 41.7 Å². The molecule has 0 spiro atoms. The van der Waals surface area contributed by atoms with Crippen molar-refractivity contribution in [3.05, 3.63) is 96.6 Å². The summed E-state index contributed by atoms with van der Waals surface area (Å²) < 4.78 is 30.5. The number of hydrogen-bond acceptors (Lipinski definition) is 7. The molecule has 7 nitrogen and oxygen atoms in total. The summed E-state index contributed by atoms with van der Waals surface area (Å²) in [5, 5.41) is 2.15. The maximum absolute atomic E-state index is 12.5. The average Bonchev–Trinajstić information content (AvgIpc) is 3.29. The van der Waals surface area contributed by atoms with E-state index in [2.05, 4.69) is 69.3 Å². The minimum absolute atomic E-state index is 0.120. The molecule has 0 bridgehead atoms. The van der Waals surface area contributed by atoms with Crippen LogP contribution >= 0.6 is 0 Å². The fraction of sp³-hybridized carbons (Fsp3) is 0.424. The first-order valence-electron chi connectivity index (χ1n) is 14.2. The Morgan fingerprint density at radius 2 is 1.37 bits per heavy atom. The van der Waals surface area contributed by atoms with Gasteiger partial charge >= 0.3 is 6.16 Å². The molecule has 0 aromatic heterocycles. The molecule has 1 saturated heterocycles. The molecule has 0 amide bonds. The van der Waals surface area contributed by atoms with E-state index >= 15 is 0 Å². The van der Waals surface area contributed by atoms with Crippen molar-refractivity contribution in [2.75, 3.05) is 6.61 Å². The van der Waals surface area contributed by atoms with Crippen LogP contribution in [-0.4, -0.2) is 51.2 Å². The Bertz CT molecular complexity index is 1210. The van der Waals surface area contributed by atoms with Crippen LogP contribution in [0.25, 0.3) is 0 Å². The highest BCUT2D eigenvalue weighted by molar-refractivity contribution is 6.99. The van der Waals surface area contributed by atoms with Crippen LogP contribution in [0.4, 0.5) is 4.79 Å². The van der Waals surface area contributed by atoms with Gasteiger partial charge in [0, 0.05) is 0 Å². The third-order valence-corrected chi connectivity index (χ3v) is 12.4. The van der Waals surface area contributed by atoms with Gasteiger partial charge in [-0.25, -0.2) is 4.79 Å². The molecule has 1 fully saturated rings. The number of rotatable bonds is 10. The molecular formula is C33H43NO6Si. The second kappa shape index (κ2) is 12.9. The Hall–Kier alpha value is -3.01. The van der Waals surface area contributed by atoms with E-state index in [0.717, 1.165) is 5.56 Å². The summed E-state index contributed by atoms with van der Waals surface area (Å²) in [6.45, 7) is 12.5. The third-order valence-electron chi connectivity index (χ3n) is 7.44. The van der Waals surface area contributed by atoms with Crippen molar-refractivity contribution < 1.29 is 28.2 Å². The summed E-state index contributed by atoms with van der Waals surface area (Å²) in [6.07, 6.45) is -2.61. The summed E-state index contributed by atoms with van der Waals surface area (Å²) in [5.41, 5.74) is 7.70. The largest absolute Gasteiger partial charge is 0.508 e. The van der Waals surface area contributed by atoms with Gasteiger partial charge in [-0.1, -0.05) is 112 Å². The normalized spacial score (nSPS) is 20.3. The van der Waals surface area contributed by atoms with Crippen LogP contribution in [0, 0.1) is 0 Å². The second-order valence-corrected chi connectivity index (χ2v) is 16.4. The Morgan fingerprint density at radius 3 is 1.88 bits per heavy atom. The summed E-state index contributed by atoms with van der Waals surface area (Å²) in [5.74, 6) is -0.907. The van der Waals surface area contributed by atoms with E-state index in [0.29, 0.717) is 0 Å². The molecule has 41 heavy (non-hydrogen) atoms. The van der Waals surface area contributed by atoms with E-state index in [9.17, 15) is 4.79 Å². The Morgan fingerprint density at radius 1 is 0.878 bits per heavy atom. The maximum Gasteiger partial charge on any atom is 0.508 e. The highest BCUT2D eigenvalue weighted by atomic mass is 28.4. The second-order valence-electron chi connectivity index (χ2n) is 12.1. The van der Waals surface area contributed by atoms with E-state index in [1.165, 1.54) is 10.4 Å². The molecule has 8 heteroatoms. The fourth-order valence-corrected chi connectivity index (χ4v) is 10.2. The van der Waals surface area contributed by atoms with Gasteiger partial charge in [0.2, 0.25) is 0 Å². The molecule has 4 rings (SSSR count). The average molecular weight is 578 g/mol. The number of benzene rings is 3. The first-order valence-corrected chi connectivity index (χ1v) is 16.1. The number of carbonyl (C=O) groups is 1. The van der Waals surface area contributed by atoms with Gasteiger partial charge in [0.1, 0.15) is 24.9 Å². The van der Waals surface area contributed by atoms with Crippen LogP contribution in [0.3, 0.4) is 0 Å². The number of carbonyl (C=O) groups excluding carboxylic acids is 1. The maximum atomic E-state index is 12.5. The van der Waals surface area contributed by atoms with Crippen molar-refractivity contribution in [2.45, 2.75) is 83.3 Å². The number of nitrogens with two attached hydrogens (primary N) is 1. The van der Waals surface area contributed by atoms with E-state index in [-0.39, 0.29) is 18.3 Å². The van der Waals surface area contributed by atoms with Crippen LogP contribution in [0.1, 0.15) is 47.1 Å². The van der Waals surface area contributed by atoms with E-state index in [1.54, 1.807) is 6.92 Å². The summed E-state index contributed by atoms with van der Waals surface area (Å²) >= 11 is 0. The first kappa shape index (κ1) is 30.9.